The fraction of sp³-hybridized carbons (Fsp3) is 0.857. The average molecular weight is 314 g/mol. The Bertz CT molecular complexity index is 607. The van der Waals surface area contributed by atoms with Gasteiger partial charge in [0.2, 0.25) is 0 Å². The van der Waals surface area contributed by atoms with Gasteiger partial charge in [-0.15, -0.1) is 0 Å². The zero-order chi connectivity index (χ0) is 16.0. The van der Waals surface area contributed by atoms with Gasteiger partial charge in [-0.25, -0.2) is 0 Å². The van der Waals surface area contributed by atoms with Gasteiger partial charge in [0.25, 0.3) is 0 Å². The number of rotatable bonds is 0. The first-order chi connectivity index (χ1) is 10.9. The standard InChI is InChI=1S/C21H30O2/c1-19-8-5-14(22)11-13(19)3-4-15-16(19)6-9-20(2)17(15)7-10-21(20)12-18(21)23/h11,15-18,23H,3-10,12H2,1-2H3/t15-,16+,17+,18+,19+,20+,21+/m1/s1. The first kappa shape index (κ1) is 14.7. The van der Waals surface area contributed by atoms with Crippen LogP contribution < -0.4 is 0 Å². The number of aliphatic hydroxyl groups excluding tert-OH is 1. The summed E-state index contributed by atoms with van der Waals surface area (Å²) in [5, 5.41) is 10.3. The summed E-state index contributed by atoms with van der Waals surface area (Å²) >= 11 is 0. The summed E-state index contributed by atoms with van der Waals surface area (Å²) in [5.41, 5.74) is 2.42. The fourth-order valence-electron chi connectivity index (χ4n) is 7.90. The quantitative estimate of drug-likeness (QED) is 0.725. The van der Waals surface area contributed by atoms with Gasteiger partial charge < -0.3 is 5.11 Å². The van der Waals surface area contributed by atoms with Gasteiger partial charge in [0.15, 0.2) is 5.78 Å². The van der Waals surface area contributed by atoms with E-state index < -0.39 is 0 Å². The Morgan fingerprint density at radius 2 is 1.78 bits per heavy atom. The average Bonchev–Trinajstić information content (AvgIpc) is 3.08. The second-order valence-electron chi connectivity index (χ2n) is 9.84. The Morgan fingerprint density at radius 1 is 1.04 bits per heavy atom. The van der Waals surface area contributed by atoms with Gasteiger partial charge in [0.05, 0.1) is 6.10 Å². The molecule has 2 heteroatoms. The molecule has 0 radical (unpaired) electrons. The van der Waals surface area contributed by atoms with E-state index >= 15 is 0 Å². The molecule has 0 bridgehead atoms. The van der Waals surface area contributed by atoms with Crippen molar-refractivity contribution in [3.63, 3.8) is 0 Å². The number of carbonyl (C=O) groups excluding carboxylic acids is 1. The number of allylic oxidation sites excluding steroid dienone is 1. The molecule has 4 fully saturated rings. The van der Waals surface area contributed by atoms with Gasteiger partial charge in [0.1, 0.15) is 0 Å². The highest BCUT2D eigenvalue weighted by atomic mass is 16.3. The van der Waals surface area contributed by atoms with Crippen LogP contribution in [0.2, 0.25) is 0 Å². The number of fused-ring (bicyclic) bond motifs is 6. The molecule has 23 heavy (non-hydrogen) atoms. The topological polar surface area (TPSA) is 37.3 Å². The summed E-state index contributed by atoms with van der Waals surface area (Å²) < 4.78 is 0. The third kappa shape index (κ3) is 1.62. The van der Waals surface area contributed by atoms with E-state index in [1.165, 1.54) is 37.7 Å². The molecule has 0 aromatic heterocycles. The molecule has 0 amide bonds. The van der Waals surface area contributed by atoms with Crippen LogP contribution in [0, 0.1) is 34.0 Å². The Balaban J connectivity index is 1.50. The Morgan fingerprint density at radius 3 is 2.52 bits per heavy atom. The van der Waals surface area contributed by atoms with Crippen molar-refractivity contribution in [1.82, 2.24) is 0 Å². The third-order valence-corrected chi connectivity index (χ3v) is 9.43. The van der Waals surface area contributed by atoms with E-state index in [0.717, 1.165) is 43.4 Å². The SMILES string of the molecule is C[C@]12CCC(=O)C=C1CC[C@@H]1[C@@H]2CC[C@@]2(C)[C@H]1CC[C@@]21C[C@@H]1O. The van der Waals surface area contributed by atoms with Crippen LogP contribution in [0.15, 0.2) is 11.6 Å². The molecule has 4 saturated carbocycles. The number of hydrogen-bond acceptors (Lipinski definition) is 2. The number of hydrogen-bond donors (Lipinski definition) is 1. The zero-order valence-electron chi connectivity index (χ0n) is 14.6. The monoisotopic (exact) mass is 314 g/mol. The van der Waals surface area contributed by atoms with Crippen molar-refractivity contribution in [2.75, 3.05) is 0 Å². The molecule has 7 atom stereocenters. The van der Waals surface area contributed by atoms with E-state index in [-0.39, 0.29) is 16.9 Å². The van der Waals surface area contributed by atoms with Crippen molar-refractivity contribution in [1.29, 1.82) is 0 Å². The van der Waals surface area contributed by atoms with Crippen molar-refractivity contribution >= 4 is 5.78 Å². The van der Waals surface area contributed by atoms with Crippen LogP contribution in [0.4, 0.5) is 0 Å². The number of aliphatic hydroxyl groups is 1. The van der Waals surface area contributed by atoms with Crippen LogP contribution in [0.3, 0.4) is 0 Å². The van der Waals surface area contributed by atoms with E-state index in [4.69, 9.17) is 0 Å². The molecule has 1 N–H and O–H groups in total. The molecule has 0 aromatic rings. The minimum absolute atomic E-state index is 0.0176. The van der Waals surface area contributed by atoms with Crippen molar-refractivity contribution < 1.29 is 9.90 Å². The molecule has 0 unspecified atom stereocenters. The molecule has 0 aliphatic heterocycles. The smallest absolute Gasteiger partial charge is 0.155 e. The maximum absolute atomic E-state index is 11.9. The molecule has 0 aromatic carbocycles. The second-order valence-corrected chi connectivity index (χ2v) is 9.84. The summed E-state index contributed by atoms with van der Waals surface area (Å²) in [6, 6.07) is 0. The van der Waals surface area contributed by atoms with Gasteiger partial charge in [-0.05, 0) is 86.0 Å². The van der Waals surface area contributed by atoms with Crippen LogP contribution in [-0.2, 0) is 4.79 Å². The lowest BCUT2D eigenvalue weighted by Crippen LogP contribution is -2.51. The van der Waals surface area contributed by atoms with Gasteiger partial charge in [-0.1, -0.05) is 19.4 Å². The fourth-order valence-corrected chi connectivity index (χ4v) is 7.90. The van der Waals surface area contributed by atoms with Crippen molar-refractivity contribution in [2.24, 2.45) is 34.0 Å². The first-order valence-electron chi connectivity index (χ1n) is 9.83. The van der Waals surface area contributed by atoms with Gasteiger partial charge in [-0.3, -0.25) is 4.79 Å². The number of ketones is 1. The summed E-state index contributed by atoms with van der Waals surface area (Å²) in [6.45, 7) is 4.97. The van der Waals surface area contributed by atoms with E-state index in [1.54, 1.807) is 0 Å². The maximum Gasteiger partial charge on any atom is 0.155 e. The van der Waals surface area contributed by atoms with Crippen LogP contribution in [0.25, 0.3) is 0 Å². The van der Waals surface area contributed by atoms with Crippen LogP contribution in [-0.4, -0.2) is 17.0 Å². The summed E-state index contributed by atoms with van der Waals surface area (Å²) in [5.74, 6) is 2.78. The van der Waals surface area contributed by atoms with E-state index in [9.17, 15) is 9.90 Å². The molecule has 5 aliphatic rings. The summed E-state index contributed by atoms with van der Waals surface area (Å²) in [7, 11) is 0. The lowest BCUT2D eigenvalue weighted by atomic mass is 9.46. The molecular weight excluding hydrogens is 284 g/mol. The molecule has 5 aliphatic carbocycles. The van der Waals surface area contributed by atoms with E-state index in [2.05, 4.69) is 13.8 Å². The van der Waals surface area contributed by atoms with E-state index in [1.807, 2.05) is 6.08 Å². The lowest BCUT2D eigenvalue weighted by Gasteiger charge is -2.58. The van der Waals surface area contributed by atoms with Gasteiger partial charge >= 0.3 is 0 Å². The zero-order valence-corrected chi connectivity index (χ0v) is 14.6. The third-order valence-electron chi connectivity index (χ3n) is 9.43. The molecule has 5 rings (SSSR count). The minimum atomic E-state index is -0.0176. The van der Waals surface area contributed by atoms with Gasteiger partial charge in [-0.2, -0.15) is 0 Å². The lowest BCUT2D eigenvalue weighted by molar-refractivity contribution is -0.117. The summed E-state index contributed by atoms with van der Waals surface area (Å²) in [6.07, 6.45) is 12.5. The highest BCUT2D eigenvalue weighted by molar-refractivity contribution is 5.91. The summed E-state index contributed by atoms with van der Waals surface area (Å²) in [4.78, 5) is 11.9. The Kier molecular flexibility index (Phi) is 2.75. The molecule has 0 heterocycles. The minimum Gasteiger partial charge on any atom is -0.393 e. The van der Waals surface area contributed by atoms with Crippen LogP contribution in [0.1, 0.15) is 71.6 Å². The maximum atomic E-state index is 11.9. The highest BCUT2D eigenvalue weighted by Gasteiger charge is 2.72. The Labute approximate surface area is 139 Å². The highest BCUT2D eigenvalue weighted by Crippen LogP contribution is 2.76. The second kappa shape index (κ2) is 4.31. The van der Waals surface area contributed by atoms with Crippen molar-refractivity contribution in [3.8, 4) is 0 Å². The molecular formula is C21H30O2. The van der Waals surface area contributed by atoms with E-state index in [0.29, 0.717) is 11.2 Å². The number of carbonyl (C=O) groups is 1. The first-order valence-corrected chi connectivity index (χ1v) is 9.83. The van der Waals surface area contributed by atoms with Crippen LogP contribution >= 0.6 is 0 Å². The van der Waals surface area contributed by atoms with Crippen LogP contribution in [0.5, 0.6) is 0 Å². The molecule has 2 nitrogen and oxygen atoms in total. The van der Waals surface area contributed by atoms with Crippen molar-refractivity contribution in [3.05, 3.63) is 11.6 Å². The Hall–Kier alpha value is -0.630. The molecule has 1 spiro atoms. The van der Waals surface area contributed by atoms with Gasteiger partial charge in [0, 0.05) is 11.8 Å². The largest absolute Gasteiger partial charge is 0.393 e. The normalized spacial score (nSPS) is 57.5. The predicted octanol–water partition coefficient (Wildman–Crippen LogP) is 4.27. The van der Waals surface area contributed by atoms with Crippen molar-refractivity contribution in [2.45, 2.75) is 77.7 Å². The molecule has 0 saturated heterocycles. The molecule has 126 valence electrons. The predicted molar refractivity (Wildman–Crippen MR) is 89.8 cm³/mol.